The van der Waals surface area contributed by atoms with Gasteiger partial charge in [0.05, 0.1) is 22.0 Å². The number of sulfonamides is 1. The number of halogens is 2. The molecule has 0 heterocycles. The molecule has 192 valence electrons. The van der Waals surface area contributed by atoms with Gasteiger partial charge < -0.3 is 10.2 Å². The van der Waals surface area contributed by atoms with Gasteiger partial charge in [0.2, 0.25) is 21.8 Å². The molecule has 2 aromatic rings. The summed E-state index contributed by atoms with van der Waals surface area (Å²) in [6.07, 6.45) is 3.11. The molecule has 2 aromatic carbocycles. The zero-order valence-corrected chi connectivity index (χ0v) is 22.9. The minimum atomic E-state index is -3.89. The van der Waals surface area contributed by atoms with Gasteiger partial charge in [-0.2, -0.15) is 0 Å². The molecule has 10 heteroatoms. The predicted molar refractivity (Wildman–Crippen MR) is 142 cm³/mol. The predicted octanol–water partition coefficient (Wildman–Crippen LogP) is 4.79. The Morgan fingerprint density at radius 2 is 1.71 bits per heavy atom. The molecule has 0 fully saturated rings. The van der Waals surface area contributed by atoms with Gasteiger partial charge in [0.15, 0.2) is 0 Å². The van der Waals surface area contributed by atoms with Crippen molar-refractivity contribution in [2.45, 2.75) is 52.6 Å². The van der Waals surface area contributed by atoms with Gasteiger partial charge >= 0.3 is 0 Å². The number of benzene rings is 2. The molecule has 2 amide bonds. The second-order valence-corrected chi connectivity index (χ2v) is 11.1. The zero-order chi connectivity index (χ0) is 26.2. The van der Waals surface area contributed by atoms with Crippen molar-refractivity contribution >= 4 is 50.7 Å². The summed E-state index contributed by atoms with van der Waals surface area (Å²) in [6.45, 7) is 5.94. The lowest BCUT2D eigenvalue weighted by atomic mass is 10.1. The van der Waals surface area contributed by atoms with E-state index in [-0.39, 0.29) is 28.2 Å². The van der Waals surface area contributed by atoms with Gasteiger partial charge in [-0.05, 0) is 37.5 Å². The van der Waals surface area contributed by atoms with Gasteiger partial charge in [0, 0.05) is 13.1 Å². The van der Waals surface area contributed by atoms with E-state index in [0.717, 1.165) is 34.5 Å². The Bertz CT molecular complexity index is 1120. The molecule has 0 spiro atoms. The van der Waals surface area contributed by atoms with Gasteiger partial charge in [0.25, 0.3) is 0 Å². The second-order valence-electron chi connectivity index (χ2n) is 8.42. The fourth-order valence-electron chi connectivity index (χ4n) is 3.60. The maximum absolute atomic E-state index is 13.6. The average molecular weight is 543 g/mol. The standard InChI is InChI=1S/C25H33Cl2N3O4S/c1-5-7-15-28-25(32)21(6-2)29(16-19-13-11-18(3)12-14-19)23(31)17-30(35(4,33)34)22-10-8-9-20(26)24(22)27/h8-14,21H,5-7,15-17H2,1-4H3,(H,28,32)/t21-/m0/s1. The molecule has 0 radical (unpaired) electrons. The number of amides is 2. The van der Waals surface area contributed by atoms with E-state index >= 15 is 0 Å². The normalized spacial score (nSPS) is 12.2. The first-order valence-corrected chi connectivity index (χ1v) is 14.1. The Balaban J connectivity index is 2.43. The maximum atomic E-state index is 13.6. The fourth-order valence-corrected chi connectivity index (χ4v) is 4.90. The van der Waals surface area contributed by atoms with E-state index in [4.69, 9.17) is 23.2 Å². The summed E-state index contributed by atoms with van der Waals surface area (Å²) in [5.41, 5.74) is 2.00. The van der Waals surface area contributed by atoms with Crippen molar-refractivity contribution in [3.8, 4) is 0 Å². The molecule has 0 aromatic heterocycles. The van der Waals surface area contributed by atoms with Crippen molar-refractivity contribution in [1.29, 1.82) is 0 Å². The van der Waals surface area contributed by atoms with E-state index in [1.807, 2.05) is 45.0 Å². The molecule has 0 aliphatic heterocycles. The molecule has 1 N–H and O–H groups in total. The quantitative estimate of drug-likeness (QED) is 0.391. The number of rotatable bonds is 12. The maximum Gasteiger partial charge on any atom is 0.244 e. The number of hydrogen-bond acceptors (Lipinski definition) is 4. The van der Waals surface area contributed by atoms with Crippen LogP contribution in [0.25, 0.3) is 0 Å². The molecule has 0 bridgehead atoms. The van der Waals surface area contributed by atoms with Crippen molar-refractivity contribution in [2.24, 2.45) is 0 Å². The van der Waals surface area contributed by atoms with Crippen LogP contribution >= 0.6 is 23.2 Å². The van der Waals surface area contributed by atoms with Gasteiger partial charge in [-0.25, -0.2) is 8.42 Å². The summed E-state index contributed by atoms with van der Waals surface area (Å²) in [4.78, 5) is 28.1. The Morgan fingerprint density at radius 3 is 2.29 bits per heavy atom. The molecule has 0 unspecified atom stereocenters. The van der Waals surface area contributed by atoms with Crippen molar-refractivity contribution < 1.29 is 18.0 Å². The summed E-state index contributed by atoms with van der Waals surface area (Å²) in [6, 6.07) is 11.4. The number of carbonyl (C=O) groups excluding carboxylic acids is 2. The lowest BCUT2D eigenvalue weighted by Gasteiger charge is -2.33. The van der Waals surface area contributed by atoms with Crippen LogP contribution < -0.4 is 9.62 Å². The highest BCUT2D eigenvalue weighted by Crippen LogP contribution is 2.33. The molecular formula is C25H33Cl2N3O4S. The van der Waals surface area contributed by atoms with Crippen LogP contribution in [0.3, 0.4) is 0 Å². The highest BCUT2D eigenvalue weighted by molar-refractivity contribution is 7.92. The number of aryl methyl sites for hydroxylation is 1. The molecule has 35 heavy (non-hydrogen) atoms. The Morgan fingerprint density at radius 1 is 1.06 bits per heavy atom. The number of unbranched alkanes of at least 4 members (excludes halogenated alkanes) is 1. The molecule has 0 saturated heterocycles. The van der Waals surface area contributed by atoms with Gasteiger partial charge in [-0.15, -0.1) is 0 Å². The van der Waals surface area contributed by atoms with Crippen LogP contribution in [0.2, 0.25) is 10.0 Å². The van der Waals surface area contributed by atoms with E-state index in [1.54, 1.807) is 6.07 Å². The van der Waals surface area contributed by atoms with Crippen LogP contribution in [0.15, 0.2) is 42.5 Å². The number of anilines is 1. The first-order chi connectivity index (χ1) is 16.5. The summed E-state index contributed by atoms with van der Waals surface area (Å²) < 4.78 is 26.3. The van der Waals surface area contributed by atoms with Crippen LogP contribution in [0.4, 0.5) is 5.69 Å². The highest BCUT2D eigenvalue weighted by Gasteiger charge is 2.32. The van der Waals surface area contributed by atoms with Gasteiger partial charge in [0.1, 0.15) is 12.6 Å². The van der Waals surface area contributed by atoms with E-state index < -0.39 is 28.5 Å². The molecule has 7 nitrogen and oxygen atoms in total. The summed E-state index contributed by atoms with van der Waals surface area (Å²) in [7, 11) is -3.89. The number of nitrogens with zero attached hydrogens (tertiary/aromatic N) is 2. The molecular weight excluding hydrogens is 509 g/mol. The van der Waals surface area contributed by atoms with E-state index in [2.05, 4.69) is 5.32 Å². The summed E-state index contributed by atoms with van der Waals surface area (Å²) in [5, 5.41) is 3.09. The monoisotopic (exact) mass is 541 g/mol. The van der Waals surface area contributed by atoms with Gasteiger partial charge in [-0.1, -0.05) is 79.4 Å². The summed E-state index contributed by atoms with van der Waals surface area (Å²) in [5.74, 6) is -0.794. The molecule has 0 saturated carbocycles. The fraction of sp³-hybridized carbons (Fsp3) is 0.440. The van der Waals surface area contributed by atoms with Crippen LogP contribution in [-0.4, -0.2) is 50.5 Å². The second kappa shape index (κ2) is 13.1. The zero-order valence-electron chi connectivity index (χ0n) is 20.6. The van der Waals surface area contributed by atoms with E-state index in [1.165, 1.54) is 17.0 Å². The Hall–Kier alpha value is -2.29. The number of hydrogen-bond donors (Lipinski definition) is 1. The minimum Gasteiger partial charge on any atom is -0.354 e. The lowest BCUT2D eigenvalue weighted by molar-refractivity contribution is -0.140. The van der Waals surface area contributed by atoms with Crippen LogP contribution in [-0.2, 0) is 26.2 Å². The smallest absolute Gasteiger partial charge is 0.244 e. The third-order valence-electron chi connectivity index (χ3n) is 5.57. The molecule has 2 rings (SSSR count). The third-order valence-corrected chi connectivity index (χ3v) is 7.50. The number of carbonyl (C=O) groups is 2. The van der Waals surface area contributed by atoms with Crippen LogP contribution in [0, 0.1) is 6.92 Å². The van der Waals surface area contributed by atoms with E-state index in [9.17, 15) is 18.0 Å². The SMILES string of the molecule is CCCCNC(=O)[C@H](CC)N(Cc1ccc(C)cc1)C(=O)CN(c1cccc(Cl)c1Cl)S(C)(=O)=O. The average Bonchev–Trinajstić information content (AvgIpc) is 2.80. The largest absolute Gasteiger partial charge is 0.354 e. The molecule has 1 atom stereocenters. The van der Waals surface area contributed by atoms with Crippen LogP contribution in [0.1, 0.15) is 44.2 Å². The van der Waals surface area contributed by atoms with Gasteiger partial charge in [-0.3, -0.25) is 13.9 Å². The molecule has 0 aliphatic rings. The first-order valence-electron chi connectivity index (χ1n) is 11.5. The number of nitrogens with one attached hydrogen (secondary N) is 1. The minimum absolute atomic E-state index is 0.0295. The van der Waals surface area contributed by atoms with Crippen molar-refractivity contribution in [2.75, 3.05) is 23.7 Å². The highest BCUT2D eigenvalue weighted by atomic mass is 35.5. The van der Waals surface area contributed by atoms with Crippen LogP contribution in [0.5, 0.6) is 0 Å². The topological polar surface area (TPSA) is 86.8 Å². The molecule has 0 aliphatic carbocycles. The Labute approximate surface area is 218 Å². The van der Waals surface area contributed by atoms with Crippen molar-refractivity contribution in [3.63, 3.8) is 0 Å². The summed E-state index contributed by atoms with van der Waals surface area (Å²) >= 11 is 12.4. The van der Waals surface area contributed by atoms with Crippen molar-refractivity contribution in [3.05, 3.63) is 63.6 Å². The third kappa shape index (κ3) is 8.12. The lowest BCUT2D eigenvalue weighted by Crippen LogP contribution is -2.52. The van der Waals surface area contributed by atoms with Crippen molar-refractivity contribution in [1.82, 2.24) is 10.2 Å². The first kappa shape index (κ1) is 28.9. The van der Waals surface area contributed by atoms with E-state index in [0.29, 0.717) is 13.0 Å². The Kier molecular flexibility index (Phi) is 10.9.